The number of nitrogens with two attached hydrogens (primary N) is 2. The quantitative estimate of drug-likeness (QED) is 0.706. The highest BCUT2D eigenvalue weighted by Gasteiger charge is 2.32. The van der Waals surface area contributed by atoms with Crippen molar-refractivity contribution in [1.82, 2.24) is 20.3 Å². The second-order valence-corrected chi connectivity index (χ2v) is 6.77. The molecule has 1 saturated heterocycles. The van der Waals surface area contributed by atoms with Crippen LogP contribution in [0.25, 0.3) is 11.3 Å². The molecule has 0 radical (unpaired) electrons. The summed E-state index contributed by atoms with van der Waals surface area (Å²) in [5.74, 6) is 0.829. The van der Waals surface area contributed by atoms with Crippen LogP contribution in [0.15, 0.2) is 50.5 Å². The number of hydrogen-bond acceptors (Lipinski definition) is 9. The van der Waals surface area contributed by atoms with E-state index in [0.29, 0.717) is 23.7 Å². The third-order valence-corrected chi connectivity index (χ3v) is 4.62. The van der Waals surface area contributed by atoms with Gasteiger partial charge in [-0.3, -0.25) is 5.73 Å². The molecule has 4 rings (SSSR count). The number of likely N-dealkylation sites (N-methyl/N-ethyl adjacent to an activating group) is 1. The topological polar surface area (TPSA) is 122 Å². The van der Waals surface area contributed by atoms with Crippen LogP contribution in [-0.2, 0) is 6.42 Å². The van der Waals surface area contributed by atoms with Gasteiger partial charge in [-0.15, -0.1) is 0 Å². The molecule has 2 aliphatic rings. The van der Waals surface area contributed by atoms with Gasteiger partial charge in [0.15, 0.2) is 5.79 Å². The van der Waals surface area contributed by atoms with Crippen LogP contribution in [0.1, 0.15) is 5.76 Å². The van der Waals surface area contributed by atoms with E-state index in [0.717, 1.165) is 37.6 Å². The number of amidine groups is 1. The number of rotatable bonds is 4. The van der Waals surface area contributed by atoms with Crippen LogP contribution in [0.4, 0.5) is 0 Å². The van der Waals surface area contributed by atoms with E-state index in [4.69, 9.17) is 20.4 Å². The molecule has 5 N–H and O–H groups in total. The summed E-state index contributed by atoms with van der Waals surface area (Å²) in [4.78, 5) is 8.91. The lowest BCUT2D eigenvalue weighted by Gasteiger charge is -2.40. The van der Waals surface area contributed by atoms with Crippen molar-refractivity contribution in [2.45, 2.75) is 12.2 Å². The summed E-state index contributed by atoms with van der Waals surface area (Å²) in [7, 11) is 2.12. The van der Waals surface area contributed by atoms with Crippen molar-refractivity contribution in [1.29, 1.82) is 0 Å². The lowest BCUT2D eigenvalue weighted by molar-refractivity contribution is 0.164. The Morgan fingerprint density at radius 3 is 2.85 bits per heavy atom. The van der Waals surface area contributed by atoms with E-state index in [9.17, 15) is 0 Å². The van der Waals surface area contributed by atoms with Crippen molar-refractivity contribution in [3.8, 4) is 11.3 Å². The number of nitrogens with zero attached hydrogens (tertiary/aromatic N) is 4. The molecule has 0 aromatic carbocycles. The van der Waals surface area contributed by atoms with Gasteiger partial charge in [0.2, 0.25) is 0 Å². The Hall–Kier alpha value is -2.78. The molecule has 1 unspecified atom stereocenters. The molecule has 0 amide bonds. The molecule has 26 heavy (non-hydrogen) atoms. The summed E-state index contributed by atoms with van der Waals surface area (Å²) in [5.41, 5.74) is 14.0. The first-order valence-electron chi connectivity index (χ1n) is 8.56. The van der Waals surface area contributed by atoms with E-state index in [1.165, 1.54) is 0 Å². The van der Waals surface area contributed by atoms with Crippen molar-refractivity contribution in [3.05, 3.63) is 42.3 Å². The van der Waals surface area contributed by atoms with Gasteiger partial charge < -0.3 is 29.8 Å². The molecule has 9 nitrogen and oxygen atoms in total. The van der Waals surface area contributed by atoms with Crippen molar-refractivity contribution in [2.75, 3.05) is 33.2 Å². The van der Waals surface area contributed by atoms with Crippen LogP contribution in [0.5, 0.6) is 0 Å². The number of hydrogen-bond donors (Lipinski definition) is 3. The number of aliphatic imine (C=N–C) groups is 1. The molecule has 2 aromatic heterocycles. The summed E-state index contributed by atoms with van der Waals surface area (Å²) < 4.78 is 10.5. The predicted molar refractivity (Wildman–Crippen MR) is 96.7 cm³/mol. The standard InChI is InChI=1S/C17H23N7O2/c1-23-3-5-24(6-4-23)16-9-15(18)20-17(19,21-16)10-13-8-14(22-26-13)12-2-7-25-11-12/h2,7-9,11,21H,3-6,10,19H2,1H3,(H2,18,20). The Morgan fingerprint density at radius 2 is 2.12 bits per heavy atom. The third kappa shape index (κ3) is 3.44. The SMILES string of the molecule is CN1CCN(C2=CC(N)=NC(N)(Cc3cc(-c4ccoc4)no3)N2)CC1. The zero-order valence-corrected chi connectivity index (χ0v) is 14.7. The smallest absolute Gasteiger partial charge is 0.192 e. The van der Waals surface area contributed by atoms with Crippen molar-refractivity contribution in [3.63, 3.8) is 0 Å². The first kappa shape index (κ1) is 16.7. The van der Waals surface area contributed by atoms with Gasteiger partial charge in [-0.25, -0.2) is 4.99 Å². The van der Waals surface area contributed by atoms with Crippen LogP contribution in [0, 0.1) is 0 Å². The van der Waals surface area contributed by atoms with Crippen LogP contribution >= 0.6 is 0 Å². The Bertz CT molecular complexity index is 818. The normalized spacial score (nSPS) is 24.2. The first-order valence-corrected chi connectivity index (χ1v) is 8.56. The molecule has 2 aromatic rings. The summed E-state index contributed by atoms with van der Waals surface area (Å²) in [6, 6.07) is 3.66. The van der Waals surface area contributed by atoms with Crippen molar-refractivity contribution < 1.29 is 8.94 Å². The van der Waals surface area contributed by atoms with Crippen LogP contribution in [-0.4, -0.2) is 59.8 Å². The van der Waals surface area contributed by atoms with Gasteiger partial charge in [0, 0.05) is 43.9 Å². The fourth-order valence-electron chi connectivity index (χ4n) is 3.20. The Morgan fingerprint density at radius 1 is 1.31 bits per heavy atom. The van der Waals surface area contributed by atoms with Gasteiger partial charge in [0.05, 0.1) is 18.9 Å². The molecule has 4 heterocycles. The van der Waals surface area contributed by atoms with Crippen molar-refractivity contribution in [2.24, 2.45) is 16.5 Å². The van der Waals surface area contributed by atoms with Gasteiger partial charge in [-0.1, -0.05) is 5.16 Å². The highest BCUT2D eigenvalue weighted by Crippen LogP contribution is 2.23. The average molecular weight is 357 g/mol. The zero-order chi connectivity index (χ0) is 18.1. The van der Waals surface area contributed by atoms with Crippen molar-refractivity contribution >= 4 is 5.84 Å². The Kier molecular flexibility index (Phi) is 4.17. The van der Waals surface area contributed by atoms with Gasteiger partial charge in [0.1, 0.15) is 23.1 Å². The number of furan rings is 1. The van der Waals surface area contributed by atoms with Gasteiger partial charge in [0.25, 0.3) is 0 Å². The average Bonchev–Trinajstić information content (AvgIpc) is 3.25. The lowest BCUT2D eigenvalue weighted by Crippen LogP contribution is -2.60. The highest BCUT2D eigenvalue weighted by atomic mass is 16.5. The maximum absolute atomic E-state index is 6.47. The fourth-order valence-corrected chi connectivity index (χ4v) is 3.20. The first-order chi connectivity index (χ1) is 12.5. The highest BCUT2D eigenvalue weighted by molar-refractivity contribution is 5.92. The number of nitrogens with one attached hydrogen (secondary N) is 1. The molecule has 0 aliphatic carbocycles. The monoisotopic (exact) mass is 357 g/mol. The Labute approximate surface area is 151 Å². The third-order valence-electron chi connectivity index (χ3n) is 4.62. The minimum Gasteiger partial charge on any atom is -0.472 e. The lowest BCUT2D eigenvalue weighted by atomic mass is 10.1. The van der Waals surface area contributed by atoms with E-state index in [-0.39, 0.29) is 0 Å². The maximum Gasteiger partial charge on any atom is 0.192 e. The molecule has 9 heteroatoms. The molecular weight excluding hydrogens is 334 g/mol. The van der Waals surface area contributed by atoms with Crippen LogP contribution < -0.4 is 16.8 Å². The van der Waals surface area contributed by atoms with E-state index in [2.05, 4.69) is 32.3 Å². The van der Waals surface area contributed by atoms with E-state index in [1.54, 1.807) is 12.5 Å². The van der Waals surface area contributed by atoms with Gasteiger partial charge in [-0.2, -0.15) is 0 Å². The molecule has 1 fully saturated rings. The number of aromatic nitrogens is 1. The van der Waals surface area contributed by atoms with E-state index >= 15 is 0 Å². The van der Waals surface area contributed by atoms with Gasteiger partial charge >= 0.3 is 0 Å². The van der Waals surface area contributed by atoms with Gasteiger partial charge in [-0.05, 0) is 13.1 Å². The molecule has 138 valence electrons. The zero-order valence-electron chi connectivity index (χ0n) is 14.7. The van der Waals surface area contributed by atoms with Crippen LogP contribution in [0.2, 0.25) is 0 Å². The summed E-state index contributed by atoms with van der Waals surface area (Å²) in [6.07, 6.45) is 5.36. The second kappa shape index (κ2) is 6.50. The molecule has 0 saturated carbocycles. The maximum atomic E-state index is 6.47. The molecular formula is C17H23N7O2. The number of piperazine rings is 1. The Balaban J connectivity index is 1.49. The van der Waals surface area contributed by atoms with Crippen LogP contribution in [0.3, 0.4) is 0 Å². The minimum absolute atomic E-state index is 0.323. The molecule has 2 aliphatic heterocycles. The van der Waals surface area contributed by atoms with E-state index < -0.39 is 5.79 Å². The molecule has 0 spiro atoms. The van der Waals surface area contributed by atoms with E-state index in [1.807, 2.05) is 18.2 Å². The summed E-state index contributed by atoms with van der Waals surface area (Å²) >= 11 is 0. The molecule has 1 atom stereocenters. The largest absolute Gasteiger partial charge is 0.472 e. The second-order valence-electron chi connectivity index (χ2n) is 6.77. The predicted octanol–water partition coefficient (Wildman–Crippen LogP) is 0.139. The minimum atomic E-state index is -1.08. The fraction of sp³-hybridized carbons (Fsp3) is 0.412. The molecule has 0 bridgehead atoms. The summed E-state index contributed by atoms with van der Waals surface area (Å²) in [5, 5.41) is 7.37. The summed E-state index contributed by atoms with van der Waals surface area (Å²) in [6.45, 7) is 3.80.